The number of nitrogens with one attached hydrogen (secondary N) is 1. The van der Waals surface area contributed by atoms with E-state index in [0.29, 0.717) is 15.8 Å². The van der Waals surface area contributed by atoms with Gasteiger partial charge in [0.25, 0.3) is 5.56 Å². The van der Waals surface area contributed by atoms with Crippen LogP contribution < -0.4 is 10.9 Å². The first-order chi connectivity index (χ1) is 11.1. The summed E-state index contributed by atoms with van der Waals surface area (Å²) in [5, 5.41) is 5.05. The Morgan fingerprint density at radius 2 is 2.17 bits per heavy atom. The molecule has 3 heterocycles. The molecule has 3 aromatic rings. The van der Waals surface area contributed by atoms with E-state index in [0.717, 1.165) is 11.3 Å². The number of rotatable bonds is 3. The molecule has 114 valence electrons. The van der Waals surface area contributed by atoms with Gasteiger partial charge in [-0.2, -0.15) is 0 Å². The molecule has 1 aromatic carbocycles. The largest absolute Gasteiger partial charge is 0.326 e. The van der Waals surface area contributed by atoms with Crippen LogP contribution in [0.25, 0.3) is 10.2 Å². The summed E-state index contributed by atoms with van der Waals surface area (Å²) in [6.07, 6.45) is 1.68. The minimum Gasteiger partial charge on any atom is -0.326 e. The second kappa shape index (κ2) is 5.13. The zero-order valence-corrected chi connectivity index (χ0v) is 12.7. The number of hydrogen-bond donors (Lipinski definition) is 1. The molecule has 2 aromatic heterocycles. The first kappa shape index (κ1) is 13.8. The van der Waals surface area contributed by atoms with E-state index in [2.05, 4.69) is 10.3 Å². The van der Waals surface area contributed by atoms with Crippen molar-refractivity contribution in [3.05, 3.63) is 57.5 Å². The van der Waals surface area contributed by atoms with Crippen molar-refractivity contribution >= 4 is 38.9 Å². The molecule has 0 spiro atoms. The van der Waals surface area contributed by atoms with Crippen LogP contribution in [0.5, 0.6) is 0 Å². The second-order valence-electron chi connectivity index (χ2n) is 5.34. The van der Waals surface area contributed by atoms with Crippen molar-refractivity contribution < 1.29 is 9.59 Å². The van der Waals surface area contributed by atoms with E-state index in [1.807, 2.05) is 0 Å². The second-order valence-corrected chi connectivity index (χ2v) is 6.23. The predicted octanol–water partition coefficient (Wildman–Crippen LogP) is 1.84. The Bertz CT molecular complexity index is 1020. The fourth-order valence-corrected chi connectivity index (χ4v) is 3.38. The molecular weight excluding hydrogens is 314 g/mol. The summed E-state index contributed by atoms with van der Waals surface area (Å²) in [5.74, 6) is -0.265. The highest BCUT2D eigenvalue weighted by atomic mass is 32.1. The summed E-state index contributed by atoms with van der Waals surface area (Å²) in [4.78, 5) is 41.0. The fourth-order valence-electron chi connectivity index (χ4n) is 2.65. The minimum atomic E-state index is -0.220. The van der Waals surface area contributed by atoms with Crippen LogP contribution >= 0.6 is 11.3 Å². The zero-order chi connectivity index (χ0) is 16.0. The Kier molecular flexibility index (Phi) is 3.09. The molecule has 1 amide bonds. The van der Waals surface area contributed by atoms with Crippen LogP contribution in [0.15, 0.2) is 40.8 Å². The minimum absolute atomic E-state index is 0.0716. The van der Waals surface area contributed by atoms with Crippen molar-refractivity contribution in [3.63, 3.8) is 0 Å². The van der Waals surface area contributed by atoms with Gasteiger partial charge in [-0.25, -0.2) is 4.98 Å². The van der Waals surface area contributed by atoms with Crippen LogP contribution in [0.1, 0.15) is 15.9 Å². The highest BCUT2D eigenvalue weighted by molar-refractivity contribution is 7.16. The molecule has 23 heavy (non-hydrogen) atoms. The van der Waals surface area contributed by atoms with Crippen molar-refractivity contribution in [2.45, 2.75) is 13.0 Å². The number of carbonyl (C=O) groups is 2. The number of benzene rings is 1. The number of amides is 1. The third kappa shape index (κ3) is 2.35. The number of hydrogen-bond acceptors (Lipinski definition) is 5. The number of ketones is 1. The number of nitrogens with zero attached hydrogens (tertiary/aromatic N) is 2. The smallest absolute Gasteiger partial charge is 0.262 e. The standard InChI is InChI=1S/C16H11N3O3S/c20-13(9-1-2-12-10(5-9)6-14(21)18-12)7-19-8-17-15-11(16(19)22)3-4-23-15/h1-5,8H,6-7H2,(H,18,21). The van der Waals surface area contributed by atoms with Crippen molar-refractivity contribution in [3.8, 4) is 0 Å². The molecule has 0 bridgehead atoms. The van der Waals surface area contributed by atoms with Crippen molar-refractivity contribution in [2.24, 2.45) is 0 Å². The van der Waals surface area contributed by atoms with Gasteiger partial charge in [0.05, 0.1) is 24.7 Å². The van der Waals surface area contributed by atoms with E-state index in [4.69, 9.17) is 0 Å². The van der Waals surface area contributed by atoms with E-state index in [1.54, 1.807) is 29.6 Å². The molecule has 0 radical (unpaired) electrons. The predicted molar refractivity (Wildman–Crippen MR) is 87.0 cm³/mol. The molecule has 0 unspecified atom stereocenters. The molecule has 4 rings (SSSR count). The maximum absolute atomic E-state index is 12.4. The molecule has 6 nitrogen and oxygen atoms in total. The lowest BCUT2D eigenvalue weighted by Gasteiger charge is -2.06. The average Bonchev–Trinajstić information content (AvgIpc) is 3.14. The van der Waals surface area contributed by atoms with Crippen LogP contribution in [0, 0.1) is 0 Å². The lowest BCUT2D eigenvalue weighted by Crippen LogP contribution is -2.24. The Morgan fingerprint density at radius 1 is 1.30 bits per heavy atom. The van der Waals surface area contributed by atoms with Gasteiger partial charge in [-0.15, -0.1) is 11.3 Å². The third-order valence-corrected chi connectivity index (χ3v) is 4.64. The quantitative estimate of drug-likeness (QED) is 0.745. The van der Waals surface area contributed by atoms with E-state index >= 15 is 0 Å². The van der Waals surface area contributed by atoms with Gasteiger partial charge in [0.2, 0.25) is 5.91 Å². The highest BCUT2D eigenvalue weighted by Crippen LogP contribution is 2.24. The summed E-state index contributed by atoms with van der Waals surface area (Å²) < 4.78 is 1.31. The molecule has 0 atom stereocenters. The maximum Gasteiger partial charge on any atom is 0.262 e. The SMILES string of the molecule is O=C1Cc2cc(C(=O)Cn3cnc4sccc4c3=O)ccc2N1. The fraction of sp³-hybridized carbons (Fsp3) is 0.125. The lowest BCUT2D eigenvalue weighted by atomic mass is 10.1. The van der Waals surface area contributed by atoms with Crippen molar-refractivity contribution in [1.29, 1.82) is 0 Å². The first-order valence-electron chi connectivity index (χ1n) is 7.00. The normalized spacial score (nSPS) is 13.1. The van der Waals surface area contributed by atoms with E-state index in [-0.39, 0.29) is 30.2 Å². The Hall–Kier alpha value is -2.80. The maximum atomic E-state index is 12.4. The van der Waals surface area contributed by atoms with Crippen molar-refractivity contribution in [2.75, 3.05) is 5.32 Å². The number of aromatic nitrogens is 2. The average molecular weight is 325 g/mol. The molecule has 0 fully saturated rings. The lowest BCUT2D eigenvalue weighted by molar-refractivity contribution is -0.115. The van der Waals surface area contributed by atoms with Crippen LogP contribution in [0.3, 0.4) is 0 Å². The number of Topliss-reactive ketones (excluding diaryl/α,β-unsaturated/α-hetero) is 1. The van der Waals surface area contributed by atoms with Crippen LogP contribution in [0.2, 0.25) is 0 Å². The van der Waals surface area contributed by atoms with Gasteiger partial charge in [0, 0.05) is 11.3 Å². The Balaban J connectivity index is 1.65. The van der Waals surface area contributed by atoms with Gasteiger partial charge in [0.15, 0.2) is 5.78 Å². The number of carbonyl (C=O) groups excluding carboxylic acids is 2. The van der Waals surface area contributed by atoms with Gasteiger partial charge in [0.1, 0.15) is 4.83 Å². The van der Waals surface area contributed by atoms with E-state index in [1.165, 1.54) is 22.2 Å². The molecule has 0 aliphatic carbocycles. The summed E-state index contributed by atoms with van der Waals surface area (Å²) in [7, 11) is 0. The highest BCUT2D eigenvalue weighted by Gasteiger charge is 2.19. The molecular formula is C16H11N3O3S. The Labute approximate surface area is 134 Å². The third-order valence-electron chi connectivity index (χ3n) is 3.82. The summed E-state index contributed by atoms with van der Waals surface area (Å²) >= 11 is 1.39. The van der Waals surface area contributed by atoms with Gasteiger partial charge >= 0.3 is 0 Å². The van der Waals surface area contributed by atoms with Gasteiger partial charge in [-0.3, -0.25) is 19.0 Å². The summed E-state index contributed by atoms with van der Waals surface area (Å²) in [5.41, 5.74) is 1.81. The first-order valence-corrected chi connectivity index (χ1v) is 7.88. The van der Waals surface area contributed by atoms with Crippen LogP contribution in [-0.2, 0) is 17.8 Å². The molecule has 7 heteroatoms. The van der Waals surface area contributed by atoms with E-state index in [9.17, 15) is 14.4 Å². The molecule has 0 saturated heterocycles. The van der Waals surface area contributed by atoms with Gasteiger partial charge in [-0.05, 0) is 35.2 Å². The number of anilines is 1. The molecule has 1 aliphatic heterocycles. The number of thiophene rings is 1. The topological polar surface area (TPSA) is 81.1 Å². The zero-order valence-electron chi connectivity index (χ0n) is 11.9. The van der Waals surface area contributed by atoms with Gasteiger partial charge in [-0.1, -0.05) is 0 Å². The number of fused-ring (bicyclic) bond motifs is 2. The van der Waals surface area contributed by atoms with Gasteiger partial charge < -0.3 is 5.32 Å². The molecule has 1 N–H and O–H groups in total. The Morgan fingerprint density at radius 3 is 3.04 bits per heavy atom. The molecule has 1 aliphatic rings. The summed E-state index contributed by atoms with van der Waals surface area (Å²) in [6, 6.07) is 6.80. The van der Waals surface area contributed by atoms with Crippen molar-refractivity contribution in [1.82, 2.24) is 9.55 Å². The monoisotopic (exact) mass is 325 g/mol. The van der Waals surface area contributed by atoms with E-state index < -0.39 is 0 Å². The summed E-state index contributed by atoms with van der Waals surface area (Å²) in [6.45, 7) is -0.0716. The van der Waals surface area contributed by atoms with Crippen LogP contribution in [0.4, 0.5) is 5.69 Å². The van der Waals surface area contributed by atoms with Crippen LogP contribution in [-0.4, -0.2) is 21.2 Å². The molecule has 0 saturated carbocycles.